The van der Waals surface area contributed by atoms with Crippen LogP contribution in [0.2, 0.25) is 0 Å². The van der Waals surface area contributed by atoms with E-state index in [1.54, 1.807) is 36.4 Å². The summed E-state index contributed by atoms with van der Waals surface area (Å²) >= 11 is 0. The van der Waals surface area contributed by atoms with Crippen LogP contribution in [0.15, 0.2) is 42.6 Å². The highest BCUT2D eigenvalue weighted by Gasteiger charge is 2.13. The Morgan fingerprint density at radius 1 is 1.00 bits per heavy atom. The molecule has 7 heteroatoms. The lowest BCUT2D eigenvalue weighted by molar-refractivity contribution is 0.0843. The first-order chi connectivity index (χ1) is 12.7. The Balaban J connectivity index is 2.01. The number of rotatable bonds is 8. The highest BCUT2D eigenvalue weighted by Crippen LogP contribution is 2.28. The van der Waals surface area contributed by atoms with Crippen LogP contribution < -0.4 is 20.3 Å². The van der Waals surface area contributed by atoms with Crippen molar-refractivity contribution in [1.82, 2.24) is 15.8 Å². The quantitative estimate of drug-likeness (QED) is 0.560. The second-order valence-electron chi connectivity index (χ2n) is 5.42. The maximum atomic E-state index is 12.3. The summed E-state index contributed by atoms with van der Waals surface area (Å²) < 4.78 is 11.2. The van der Waals surface area contributed by atoms with Crippen LogP contribution in [0.3, 0.4) is 0 Å². The molecule has 0 fully saturated rings. The van der Waals surface area contributed by atoms with E-state index in [1.807, 2.05) is 6.92 Å². The molecule has 26 heavy (non-hydrogen) atoms. The van der Waals surface area contributed by atoms with Crippen LogP contribution in [0.4, 0.5) is 0 Å². The molecule has 1 heterocycles. The fourth-order valence-electron chi connectivity index (χ4n) is 2.11. The molecule has 2 rings (SSSR count). The Kier molecular flexibility index (Phi) is 7.42. The van der Waals surface area contributed by atoms with Gasteiger partial charge in [-0.2, -0.15) is 0 Å². The van der Waals surface area contributed by atoms with Crippen molar-refractivity contribution in [3.05, 3.63) is 53.9 Å². The van der Waals surface area contributed by atoms with Gasteiger partial charge in [0.05, 0.1) is 13.2 Å². The van der Waals surface area contributed by atoms with Crippen LogP contribution in [0, 0.1) is 0 Å². The SMILES string of the molecule is CCCCOc1ccc(C(=O)NNC(=O)c2ccccn2)cc1OCC. The smallest absolute Gasteiger partial charge is 0.288 e. The molecule has 0 radical (unpaired) electrons. The van der Waals surface area contributed by atoms with Crippen LogP contribution in [-0.4, -0.2) is 30.0 Å². The minimum absolute atomic E-state index is 0.211. The Morgan fingerprint density at radius 2 is 1.81 bits per heavy atom. The summed E-state index contributed by atoms with van der Waals surface area (Å²) in [6, 6.07) is 9.84. The third-order valence-corrected chi connectivity index (χ3v) is 3.45. The first-order valence-electron chi connectivity index (χ1n) is 8.57. The molecule has 0 unspecified atom stereocenters. The summed E-state index contributed by atoms with van der Waals surface area (Å²) in [6.07, 6.45) is 3.47. The van der Waals surface area contributed by atoms with E-state index in [2.05, 4.69) is 22.8 Å². The van der Waals surface area contributed by atoms with E-state index < -0.39 is 11.8 Å². The molecule has 0 aliphatic carbocycles. The van der Waals surface area contributed by atoms with E-state index >= 15 is 0 Å². The summed E-state index contributed by atoms with van der Waals surface area (Å²) in [5.74, 6) is 0.125. The Labute approximate surface area is 152 Å². The van der Waals surface area contributed by atoms with Gasteiger partial charge in [-0.25, -0.2) is 0 Å². The van der Waals surface area contributed by atoms with Gasteiger partial charge in [-0.1, -0.05) is 19.4 Å². The standard InChI is InChI=1S/C19H23N3O4/c1-3-5-12-26-16-10-9-14(13-17(16)25-4-2)18(23)21-22-19(24)15-8-6-7-11-20-15/h6-11,13H,3-5,12H2,1-2H3,(H,21,23)(H,22,24). The first kappa shape index (κ1) is 19.2. The molecule has 1 aromatic carbocycles. The largest absolute Gasteiger partial charge is 0.490 e. The second kappa shape index (κ2) is 10.0. The van der Waals surface area contributed by atoms with E-state index in [1.165, 1.54) is 6.20 Å². The number of nitrogens with one attached hydrogen (secondary N) is 2. The number of hydrogen-bond acceptors (Lipinski definition) is 5. The van der Waals surface area contributed by atoms with Crippen LogP contribution in [0.25, 0.3) is 0 Å². The first-order valence-corrected chi connectivity index (χ1v) is 8.57. The minimum Gasteiger partial charge on any atom is -0.490 e. The zero-order chi connectivity index (χ0) is 18.8. The summed E-state index contributed by atoms with van der Waals surface area (Å²) in [5, 5.41) is 0. The number of amides is 2. The van der Waals surface area contributed by atoms with Crippen molar-refractivity contribution in [2.45, 2.75) is 26.7 Å². The molecular formula is C19H23N3O4. The number of pyridine rings is 1. The lowest BCUT2D eigenvalue weighted by Crippen LogP contribution is -2.41. The van der Waals surface area contributed by atoms with Crippen molar-refractivity contribution >= 4 is 11.8 Å². The number of benzene rings is 1. The Hall–Kier alpha value is -3.09. The number of ether oxygens (including phenoxy) is 2. The van der Waals surface area contributed by atoms with Crippen LogP contribution in [-0.2, 0) is 0 Å². The van der Waals surface area contributed by atoms with E-state index in [9.17, 15) is 9.59 Å². The van der Waals surface area contributed by atoms with Gasteiger partial charge in [0.1, 0.15) is 5.69 Å². The molecule has 2 amide bonds. The summed E-state index contributed by atoms with van der Waals surface area (Å²) in [5.41, 5.74) is 5.25. The molecule has 0 saturated heterocycles. The number of carbonyl (C=O) groups is 2. The van der Waals surface area contributed by atoms with Gasteiger partial charge >= 0.3 is 0 Å². The molecule has 0 aliphatic heterocycles. The summed E-state index contributed by atoms with van der Waals surface area (Å²) in [6.45, 7) is 4.98. The van der Waals surface area contributed by atoms with Gasteiger partial charge in [0.15, 0.2) is 11.5 Å². The molecular weight excluding hydrogens is 334 g/mol. The number of aromatic nitrogens is 1. The third-order valence-electron chi connectivity index (χ3n) is 3.45. The monoisotopic (exact) mass is 357 g/mol. The molecule has 7 nitrogen and oxygen atoms in total. The van der Waals surface area contributed by atoms with Crippen molar-refractivity contribution in [3.8, 4) is 11.5 Å². The van der Waals surface area contributed by atoms with Crippen LogP contribution >= 0.6 is 0 Å². The predicted octanol–water partition coefficient (Wildman–Crippen LogP) is 2.73. The lowest BCUT2D eigenvalue weighted by Gasteiger charge is -2.13. The lowest BCUT2D eigenvalue weighted by atomic mass is 10.2. The number of hydrazine groups is 1. The molecule has 2 aromatic rings. The van der Waals surface area contributed by atoms with Gasteiger partial charge in [0, 0.05) is 11.8 Å². The van der Waals surface area contributed by atoms with Gasteiger partial charge < -0.3 is 9.47 Å². The number of hydrogen-bond donors (Lipinski definition) is 2. The number of unbranched alkanes of at least 4 members (excludes halogenated alkanes) is 1. The molecule has 1 aromatic heterocycles. The predicted molar refractivity (Wildman–Crippen MR) is 97.2 cm³/mol. The van der Waals surface area contributed by atoms with E-state index in [-0.39, 0.29) is 5.69 Å². The van der Waals surface area contributed by atoms with Gasteiger partial charge in [-0.15, -0.1) is 0 Å². The van der Waals surface area contributed by atoms with Crippen LogP contribution in [0.5, 0.6) is 11.5 Å². The highest BCUT2D eigenvalue weighted by molar-refractivity contribution is 5.98. The molecule has 0 aliphatic rings. The summed E-state index contributed by atoms with van der Waals surface area (Å²) in [4.78, 5) is 28.1. The molecule has 2 N–H and O–H groups in total. The van der Waals surface area contributed by atoms with Crippen molar-refractivity contribution in [2.75, 3.05) is 13.2 Å². The fraction of sp³-hybridized carbons (Fsp3) is 0.316. The maximum Gasteiger partial charge on any atom is 0.288 e. The minimum atomic E-state index is -0.497. The van der Waals surface area contributed by atoms with Crippen molar-refractivity contribution < 1.29 is 19.1 Å². The van der Waals surface area contributed by atoms with Crippen molar-refractivity contribution in [1.29, 1.82) is 0 Å². The highest BCUT2D eigenvalue weighted by atomic mass is 16.5. The average Bonchev–Trinajstić information content (AvgIpc) is 2.68. The number of carbonyl (C=O) groups excluding carboxylic acids is 2. The van der Waals surface area contributed by atoms with E-state index in [4.69, 9.17) is 9.47 Å². The average molecular weight is 357 g/mol. The zero-order valence-corrected chi connectivity index (χ0v) is 15.0. The van der Waals surface area contributed by atoms with E-state index in [0.717, 1.165) is 12.8 Å². The van der Waals surface area contributed by atoms with Gasteiger partial charge in [0.2, 0.25) is 0 Å². The van der Waals surface area contributed by atoms with Gasteiger partial charge in [0.25, 0.3) is 11.8 Å². The molecule has 0 atom stereocenters. The topological polar surface area (TPSA) is 89.6 Å². The summed E-state index contributed by atoms with van der Waals surface area (Å²) in [7, 11) is 0. The van der Waals surface area contributed by atoms with Crippen LogP contribution in [0.1, 0.15) is 47.5 Å². The fourth-order valence-corrected chi connectivity index (χ4v) is 2.11. The van der Waals surface area contributed by atoms with E-state index in [0.29, 0.717) is 30.3 Å². The second-order valence-corrected chi connectivity index (χ2v) is 5.42. The van der Waals surface area contributed by atoms with Crippen molar-refractivity contribution in [2.24, 2.45) is 0 Å². The normalized spacial score (nSPS) is 10.1. The third kappa shape index (κ3) is 5.47. The molecule has 138 valence electrons. The molecule has 0 spiro atoms. The molecule has 0 bridgehead atoms. The Bertz CT molecular complexity index is 735. The maximum absolute atomic E-state index is 12.3. The number of nitrogens with zero attached hydrogens (tertiary/aromatic N) is 1. The molecule has 0 saturated carbocycles. The van der Waals surface area contributed by atoms with Gasteiger partial charge in [-0.3, -0.25) is 25.4 Å². The Morgan fingerprint density at radius 3 is 2.50 bits per heavy atom. The zero-order valence-electron chi connectivity index (χ0n) is 15.0. The van der Waals surface area contributed by atoms with Gasteiger partial charge in [-0.05, 0) is 43.7 Å². The van der Waals surface area contributed by atoms with Crippen molar-refractivity contribution in [3.63, 3.8) is 0 Å².